The van der Waals surface area contributed by atoms with Crippen LogP contribution in [0.5, 0.6) is 5.75 Å². The zero-order chi connectivity index (χ0) is 13.9. The smallest absolute Gasteiger partial charge is 0.168 e. The first kappa shape index (κ1) is 13.8. The van der Waals surface area contributed by atoms with Gasteiger partial charge in [-0.15, -0.1) is 0 Å². The molecule has 2 aliphatic heterocycles. The highest BCUT2D eigenvalue weighted by atomic mass is 19.1. The minimum Gasteiger partial charge on any atom is -0.487 e. The van der Waals surface area contributed by atoms with Crippen molar-refractivity contribution < 1.29 is 18.3 Å². The molecule has 0 amide bonds. The summed E-state index contributed by atoms with van der Waals surface area (Å²) in [6, 6.07) is 2.27. The van der Waals surface area contributed by atoms with Gasteiger partial charge in [0.15, 0.2) is 11.6 Å². The molecule has 0 aliphatic carbocycles. The van der Waals surface area contributed by atoms with Crippen molar-refractivity contribution >= 4 is 0 Å². The Kier molecular flexibility index (Phi) is 4.17. The summed E-state index contributed by atoms with van der Waals surface area (Å²) in [6.45, 7) is 2.13. The Hall–Kier alpha value is -1.20. The lowest BCUT2D eigenvalue weighted by molar-refractivity contribution is 0.0233. The molecule has 1 atom stereocenters. The number of rotatable bonds is 3. The van der Waals surface area contributed by atoms with Crippen LogP contribution in [0.4, 0.5) is 8.78 Å². The fraction of sp³-hybridized carbons (Fsp3) is 0.600. The van der Waals surface area contributed by atoms with E-state index in [0.717, 1.165) is 38.3 Å². The molecule has 2 saturated heterocycles. The number of hydrogen-bond donors (Lipinski definition) is 1. The van der Waals surface area contributed by atoms with Crippen molar-refractivity contribution in [2.24, 2.45) is 0 Å². The Morgan fingerprint density at radius 1 is 1.15 bits per heavy atom. The highest BCUT2D eigenvalue weighted by molar-refractivity contribution is 5.38. The van der Waals surface area contributed by atoms with E-state index in [-0.39, 0.29) is 17.9 Å². The molecule has 1 aromatic carbocycles. The summed E-state index contributed by atoms with van der Waals surface area (Å²) < 4.78 is 38.7. The molecule has 0 spiro atoms. The quantitative estimate of drug-likeness (QED) is 0.925. The summed E-state index contributed by atoms with van der Waals surface area (Å²) in [5.41, 5.74) is 0.603. The van der Waals surface area contributed by atoms with E-state index >= 15 is 0 Å². The molecule has 110 valence electrons. The molecule has 3 nitrogen and oxygen atoms in total. The Morgan fingerprint density at radius 2 is 1.95 bits per heavy atom. The van der Waals surface area contributed by atoms with Gasteiger partial charge < -0.3 is 14.8 Å². The van der Waals surface area contributed by atoms with Gasteiger partial charge in [-0.05, 0) is 25.5 Å². The molecule has 1 N–H and O–H groups in total. The third-order valence-corrected chi connectivity index (χ3v) is 3.93. The fourth-order valence-corrected chi connectivity index (χ4v) is 2.87. The van der Waals surface area contributed by atoms with Crippen molar-refractivity contribution in [2.75, 3.05) is 19.8 Å². The third-order valence-electron chi connectivity index (χ3n) is 3.93. The van der Waals surface area contributed by atoms with E-state index in [1.807, 2.05) is 0 Å². The van der Waals surface area contributed by atoms with Gasteiger partial charge in [0.2, 0.25) is 0 Å². The van der Waals surface area contributed by atoms with E-state index in [9.17, 15) is 8.78 Å². The van der Waals surface area contributed by atoms with E-state index in [4.69, 9.17) is 9.47 Å². The van der Waals surface area contributed by atoms with Crippen LogP contribution in [0, 0.1) is 11.6 Å². The molecular formula is C15H19F2NO2. The van der Waals surface area contributed by atoms with Crippen molar-refractivity contribution in [3.05, 3.63) is 29.3 Å². The second-order valence-electron chi connectivity index (χ2n) is 5.38. The van der Waals surface area contributed by atoms with Crippen LogP contribution in [-0.2, 0) is 4.74 Å². The second kappa shape index (κ2) is 6.06. The molecule has 0 saturated carbocycles. The van der Waals surface area contributed by atoms with Gasteiger partial charge in [0.05, 0.1) is 13.2 Å². The average Bonchev–Trinajstić information content (AvgIpc) is 2.96. The van der Waals surface area contributed by atoms with Gasteiger partial charge in [-0.2, -0.15) is 0 Å². The Bertz CT molecular complexity index is 469. The molecule has 20 heavy (non-hydrogen) atoms. The molecule has 2 aliphatic rings. The van der Waals surface area contributed by atoms with E-state index in [2.05, 4.69) is 5.32 Å². The van der Waals surface area contributed by atoms with Gasteiger partial charge in [0.1, 0.15) is 11.9 Å². The van der Waals surface area contributed by atoms with Crippen LogP contribution in [-0.4, -0.2) is 25.9 Å². The van der Waals surface area contributed by atoms with Gasteiger partial charge in [0, 0.05) is 30.5 Å². The van der Waals surface area contributed by atoms with E-state index in [0.29, 0.717) is 18.8 Å². The molecule has 0 radical (unpaired) electrons. The predicted molar refractivity (Wildman–Crippen MR) is 70.8 cm³/mol. The predicted octanol–water partition coefficient (Wildman–Crippen LogP) is 2.95. The van der Waals surface area contributed by atoms with E-state index < -0.39 is 11.6 Å². The lowest BCUT2D eigenvalue weighted by Gasteiger charge is -2.26. The number of hydrogen-bond acceptors (Lipinski definition) is 3. The van der Waals surface area contributed by atoms with E-state index in [1.165, 1.54) is 6.07 Å². The first-order valence-electron chi connectivity index (χ1n) is 7.21. The topological polar surface area (TPSA) is 30.5 Å². The van der Waals surface area contributed by atoms with Gasteiger partial charge in [0.25, 0.3) is 0 Å². The first-order chi connectivity index (χ1) is 9.74. The Balaban J connectivity index is 1.86. The maximum atomic E-state index is 14.1. The van der Waals surface area contributed by atoms with Crippen molar-refractivity contribution in [1.29, 1.82) is 0 Å². The second-order valence-corrected chi connectivity index (χ2v) is 5.38. The maximum absolute atomic E-state index is 14.1. The minimum atomic E-state index is -0.611. The summed E-state index contributed by atoms with van der Waals surface area (Å²) in [6.07, 6.45) is 3.33. The van der Waals surface area contributed by atoms with Crippen LogP contribution >= 0.6 is 0 Å². The summed E-state index contributed by atoms with van der Waals surface area (Å²) in [4.78, 5) is 0. The molecule has 1 aromatic rings. The Labute approximate surface area is 117 Å². The van der Waals surface area contributed by atoms with Crippen LogP contribution in [0.15, 0.2) is 12.1 Å². The summed E-state index contributed by atoms with van der Waals surface area (Å²) in [7, 11) is 0. The number of benzene rings is 1. The normalized spacial score (nSPS) is 24.0. The first-order valence-corrected chi connectivity index (χ1v) is 7.21. The van der Waals surface area contributed by atoms with Gasteiger partial charge in [-0.1, -0.05) is 0 Å². The van der Waals surface area contributed by atoms with Crippen molar-refractivity contribution in [2.45, 2.75) is 37.8 Å². The molecule has 2 heterocycles. The zero-order valence-corrected chi connectivity index (χ0v) is 11.3. The fourth-order valence-electron chi connectivity index (χ4n) is 2.87. The summed E-state index contributed by atoms with van der Waals surface area (Å²) >= 11 is 0. The number of halogens is 2. The Morgan fingerprint density at radius 3 is 2.65 bits per heavy atom. The largest absolute Gasteiger partial charge is 0.487 e. The van der Waals surface area contributed by atoms with Crippen molar-refractivity contribution in [1.82, 2.24) is 5.32 Å². The summed E-state index contributed by atoms with van der Waals surface area (Å²) in [5, 5.41) is 3.27. The lowest BCUT2D eigenvalue weighted by atomic mass is 10.0. The van der Waals surface area contributed by atoms with Crippen molar-refractivity contribution in [3.63, 3.8) is 0 Å². The molecule has 0 bridgehead atoms. The summed E-state index contributed by atoms with van der Waals surface area (Å²) in [5.74, 6) is -0.955. The van der Waals surface area contributed by atoms with Crippen LogP contribution in [0.1, 0.15) is 37.3 Å². The highest BCUT2D eigenvalue weighted by Crippen LogP contribution is 2.35. The SMILES string of the molecule is Fc1cc(F)c(OC2CCOCC2)c(C2CCCN2)c1. The molecule has 0 aromatic heterocycles. The van der Waals surface area contributed by atoms with Gasteiger partial charge in [-0.25, -0.2) is 8.78 Å². The minimum absolute atomic E-state index is 0.0185. The molecule has 5 heteroatoms. The third kappa shape index (κ3) is 2.94. The van der Waals surface area contributed by atoms with Crippen LogP contribution < -0.4 is 10.1 Å². The van der Waals surface area contributed by atoms with E-state index in [1.54, 1.807) is 0 Å². The number of ether oxygens (including phenoxy) is 2. The van der Waals surface area contributed by atoms with Gasteiger partial charge in [-0.3, -0.25) is 0 Å². The number of nitrogens with one attached hydrogen (secondary N) is 1. The molecule has 3 rings (SSSR count). The monoisotopic (exact) mass is 283 g/mol. The van der Waals surface area contributed by atoms with Crippen LogP contribution in [0.25, 0.3) is 0 Å². The van der Waals surface area contributed by atoms with Crippen molar-refractivity contribution in [3.8, 4) is 5.75 Å². The average molecular weight is 283 g/mol. The standard InChI is InChI=1S/C15H19F2NO2/c16-10-8-12(14-2-1-5-18-14)15(13(17)9-10)20-11-3-6-19-7-4-11/h8-9,11,14,18H,1-7H2. The molecular weight excluding hydrogens is 264 g/mol. The zero-order valence-electron chi connectivity index (χ0n) is 11.3. The maximum Gasteiger partial charge on any atom is 0.168 e. The lowest BCUT2D eigenvalue weighted by Crippen LogP contribution is -2.27. The van der Waals surface area contributed by atoms with Crippen LogP contribution in [0.3, 0.4) is 0 Å². The molecule has 2 fully saturated rings. The van der Waals surface area contributed by atoms with Crippen LogP contribution in [0.2, 0.25) is 0 Å². The highest BCUT2D eigenvalue weighted by Gasteiger charge is 2.26. The van der Waals surface area contributed by atoms with Gasteiger partial charge >= 0.3 is 0 Å². The molecule has 1 unspecified atom stereocenters.